The van der Waals surface area contributed by atoms with Crippen LogP contribution in [0.2, 0.25) is 0 Å². The smallest absolute Gasteiger partial charge is 0.0309 e. The molecule has 1 aliphatic heterocycles. The van der Waals surface area contributed by atoms with Crippen molar-refractivity contribution in [2.24, 2.45) is 11.8 Å². The third kappa shape index (κ3) is 3.45. The van der Waals surface area contributed by atoms with Crippen molar-refractivity contribution >= 4 is 11.8 Å². The first kappa shape index (κ1) is 16.1. The Balaban J connectivity index is 1.73. The van der Waals surface area contributed by atoms with Gasteiger partial charge in [-0.05, 0) is 57.1 Å². The summed E-state index contributed by atoms with van der Waals surface area (Å²) in [6.45, 7) is 9.79. The van der Waals surface area contributed by atoms with Gasteiger partial charge < -0.3 is 5.32 Å². The largest absolute Gasteiger partial charge is 0.308 e. The van der Waals surface area contributed by atoms with E-state index in [0.29, 0.717) is 5.54 Å². The molecule has 122 valence electrons. The molecule has 3 rings (SSSR count). The average Bonchev–Trinajstić information content (AvgIpc) is 3.32. The molecule has 21 heavy (non-hydrogen) atoms. The molecule has 2 aliphatic carbocycles. The van der Waals surface area contributed by atoms with E-state index in [1.165, 1.54) is 51.6 Å². The summed E-state index contributed by atoms with van der Waals surface area (Å²) in [4.78, 5) is 2.93. The zero-order valence-corrected chi connectivity index (χ0v) is 15.2. The van der Waals surface area contributed by atoms with Crippen LogP contribution in [-0.4, -0.2) is 47.1 Å². The standard InChI is InChI=1S/C18H34N2S/c1-13(2)17-11-19-18(3,14-8-9-14)12-20(17)15-6-5-7-16(10-15)21-4/h13-17,19H,5-12H2,1-4H3. The fourth-order valence-electron chi connectivity index (χ4n) is 4.66. The van der Waals surface area contributed by atoms with Crippen molar-refractivity contribution in [2.45, 2.75) is 82.2 Å². The molecule has 3 aliphatic rings. The minimum Gasteiger partial charge on any atom is -0.308 e. The lowest BCUT2D eigenvalue weighted by molar-refractivity contribution is 0.00696. The average molecular weight is 311 g/mol. The van der Waals surface area contributed by atoms with E-state index in [-0.39, 0.29) is 0 Å². The SMILES string of the molecule is CSC1CCCC(N2CC(C)(C3CC3)NCC2C(C)C)C1. The van der Waals surface area contributed by atoms with Gasteiger partial charge in [-0.15, -0.1) is 0 Å². The van der Waals surface area contributed by atoms with Gasteiger partial charge in [-0.2, -0.15) is 11.8 Å². The lowest BCUT2D eigenvalue weighted by Gasteiger charge is -2.52. The molecule has 2 saturated carbocycles. The fourth-order valence-corrected chi connectivity index (χ4v) is 5.47. The Morgan fingerprint density at radius 2 is 1.95 bits per heavy atom. The summed E-state index contributed by atoms with van der Waals surface area (Å²) in [5.41, 5.74) is 0.387. The van der Waals surface area contributed by atoms with Gasteiger partial charge in [0.05, 0.1) is 0 Å². The van der Waals surface area contributed by atoms with E-state index in [1.54, 1.807) is 0 Å². The fraction of sp³-hybridized carbons (Fsp3) is 1.00. The molecule has 0 spiro atoms. The Kier molecular flexibility index (Phi) is 4.93. The van der Waals surface area contributed by atoms with Gasteiger partial charge in [0.25, 0.3) is 0 Å². The molecule has 0 aromatic rings. The molecular formula is C18H34N2S. The molecular weight excluding hydrogens is 276 g/mol. The maximum Gasteiger partial charge on any atom is 0.0309 e. The maximum absolute atomic E-state index is 3.94. The Morgan fingerprint density at radius 1 is 1.19 bits per heavy atom. The molecule has 0 aromatic heterocycles. The number of rotatable bonds is 4. The van der Waals surface area contributed by atoms with Crippen LogP contribution < -0.4 is 5.32 Å². The highest BCUT2D eigenvalue weighted by molar-refractivity contribution is 7.99. The molecule has 0 bridgehead atoms. The zero-order valence-electron chi connectivity index (χ0n) is 14.4. The summed E-state index contributed by atoms with van der Waals surface area (Å²) >= 11 is 2.10. The van der Waals surface area contributed by atoms with Crippen LogP contribution in [0.5, 0.6) is 0 Å². The quantitative estimate of drug-likeness (QED) is 0.851. The molecule has 1 saturated heterocycles. The van der Waals surface area contributed by atoms with Crippen LogP contribution in [0.25, 0.3) is 0 Å². The van der Waals surface area contributed by atoms with Crippen molar-refractivity contribution in [3.8, 4) is 0 Å². The van der Waals surface area contributed by atoms with E-state index < -0.39 is 0 Å². The predicted molar refractivity (Wildman–Crippen MR) is 94.0 cm³/mol. The van der Waals surface area contributed by atoms with Gasteiger partial charge in [0, 0.05) is 36.0 Å². The Bertz CT molecular complexity index is 355. The molecule has 3 heteroatoms. The molecule has 0 amide bonds. The van der Waals surface area contributed by atoms with Crippen LogP contribution in [0, 0.1) is 11.8 Å². The summed E-state index contributed by atoms with van der Waals surface area (Å²) < 4.78 is 0. The summed E-state index contributed by atoms with van der Waals surface area (Å²) in [6.07, 6.45) is 10.9. The number of hydrogen-bond acceptors (Lipinski definition) is 3. The van der Waals surface area contributed by atoms with E-state index in [0.717, 1.165) is 29.2 Å². The first-order valence-corrected chi connectivity index (χ1v) is 10.4. The highest BCUT2D eigenvalue weighted by Gasteiger charge is 2.48. The van der Waals surface area contributed by atoms with E-state index in [4.69, 9.17) is 0 Å². The Hall–Kier alpha value is 0.270. The van der Waals surface area contributed by atoms with Crippen molar-refractivity contribution in [1.82, 2.24) is 10.2 Å². The summed E-state index contributed by atoms with van der Waals surface area (Å²) in [5, 5.41) is 4.84. The van der Waals surface area contributed by atoms with Crippen molar-refractivity contribution in [3.63, 3.8) is 0 Å². The lowest BCUT2D eigenvalue weighted by atomic mass is 9.84. The van der Waals surface area contributed by atoms with E-state index in [1.807, 2.05) is 0 Å². The maximum atomic E-state index is 3.94. The number of hydrogen-bond donors (Lipinski definition) is 1. The van der Waals surface area contributed by atoms with Crippen LogP contribution in [0.4, 0.5) is 0 Å². The summed E-state index contributed by atoms with van der Waals surface area (Å²) in [5.74, 6) is 1.70. The second-order valence-electron chi connectivity index (χ2n) is 8.23. The minimum absolute atomic E-state index is 0.387. The second kappa shape index (κ2) is 6.41. The van der Waals surface area contributed by atoms with Crippen molar-refractivity contribution in [3.05, 3.63) is 0 Å². The van der Waals surface area contributed by atoms with Gasteiger partial charge in [-0.1, -0.05) is 20.3 Å². The highest BCUT2D eigenvalue weighted by atomic mass is 32.2. The van der Waals surface area contributed by atoms with Crippen LogP contribution >= 0.6 is 11.8 Å². The molecule has 0 radical (unpaired) electrons. The van der Waals surface area contributed by atoms with Gasteiger partial charge >= 0.3 is 0 Å². The van der Waals surface area contributed by atoms with Crippen LogP contribution in [-0.2, 0) is 0 Å². The van der Waals surface area contributed by atoms with Crippen molar-refractivity contribution in [1.29, 1.82) is 0 Å². The lowest BCUT2D eigenvalue weighted by Crippen LogP contribution is -2.67. The van der Waals surface area contributed by atoms with Gasteiger partial charge in [0.15, 0.2) is 0 Å². The molecule has 3 fully saturated rings. The van der Waals surface area contributed by atoms with Gasteiger partial charge in [0.2, 0.25) is 0 Å². The van der Waals surface area contributed by atoms with Crippen molar-refractivity contribution in [2.75, 3.05) is 19.3 Å². The third-order valence-corrected chi connectivity index (χ3v) is 7.40. The molecule has 4 unspecified atom stereocenters. The second-order valence-corrected chi connectivity index (χ2v) is 9.37. The molecule has 0 aromatic carbocycles. The molecule has 2 nitrogen and oxygen atoms in total. The van der Waals surface area contributed by atoms with E-state index in [2.05, 4.69) is 49.0 Å². The van der Waals surface area contributed by atoms with Crippen LogP contribution in [0.3, 0.4) is 0 Å². The van der Waals surface area contributed by atoms with Crippen molar-refractivity contribution < 1.29 is 0 Å². The molecule has 1 heterocycles. The third-order valence-electron chi connectivity index (χ3n) is 6.30. The number of nitrogens with one attached hydrogen (secondary N) is 1. The van der Waals surface area contributed by atoms with E-state index in [9.17, 15) is 0 Å². The monoisotopic (exact) mass is 310 g/mol. The first-order valence-electron chi connectivity index (χ1n) is 9.07. The van der Waals surface area contributed by atoms with Gasteiger partial charge in [0.1, 0.15) is 0 Å². The summed E-state index contributed by atoms with van der Waals surface area (Å²) in [7, 11) is 0. The summed E-state index contributed by atoms with van der Waals surface area (Å²) in [6, 6.07) is 1.58. The first-order chi connectivity index (χ1) is 10.0. The highest BCUT2D eigenvalue weighted by Crippen LogP contribution is 2.43. The topological polar surface area (TPSA) is 15.3 Å². The molecule has 1 N–H and O–H groups in total. The Labute approximate surface area is 135 Å². The van der Waals surface area contributed by atoms with Crippen LogP contribution in [0.15, 0.2) is 0 Å². The normalized spacial score (nSPS) is 42.4. The predicted octanol–water partition coefficient (Wildman–Crippen LogP) is 3.76. The zero-order chi connectivity index (χ0) is 15.0. The number of piperazine rings is 1. The van der Waals surface area contributed by atoms with Gasteiger partial charge in [-0.3, -0.25) is 4.90 Å². The molecule has 4 atom stereocenters. The Morgan fingerprint density at radius 3 is 2.57 bits per heavy atom. The van der Waals surface area contributed by atoms with Crippen LogP contribution in [0.1, 0.15) is 59.3 Å². The minimum atomic E-state index is 0.387. The van der Waals surface area contributed by atoms with E-state index >= 15 is 0 Å². The number of nitrogens with zero attached hydrogens (tertiary/aromatic N) is 1. The number of thioether (sulfide) groups is 1. The van der Waals surface area contributed by atoms with Gasteiger partial charge in [-0.25, -0.2) is 0 Å².